The lowest BCUT2D eigenvalue weighted by atomic mass is 10.2. The Balaban J connectivity index is 2.46. The normalized spacial score (nSPS) is 11.2. The number of urea groups is 1. The standard InChI is InChI=1S/C10H12FN3OS/c1-16-9(12)14-10(15)13-6-7-2-4-8(11)5-3-7/h2-5H,6H2,1H3,(H3,12,13,14,15). The molecule has 1 aromatic rings. The Hall–Kier alpha value is -1.56. The maximum atomic E-state index is 12.6. The van der Waals surface area contributed by atoms with Crippen LogP contribution in [0.2, 0.25) is 0 Å². The predicted molar refractivity (Wildman–Crippen MR) is 63.8 cm³/mol. The molecule has 0 radical (unpaired) electrons. The summed E-state index contributed by atoms with van der Waals surface area (Å²) in [5.41, 5.74) is 6.16. The van der Waals surface area contributed by atoms with Crippen molar-refractivity contribution in [3.8, 4) is 0 Å². The van der Waals surface area contributed by atoms with Crippen molar-refractivity contribution in [1.29, 1.82) is 0 Å². The number of amides is 2. The third-order valence-electron chi connectivity index (χ3n) is 1.78. The molecule has 0 atom stereocenters. The maximum Gasteiger partial charge on any atom is 0.343 e. The van der Waals surface area contributed by atoms with E-state index in [0.29, 0.717) is 6.54 Å². The van der Waals surface area contributed by atoms with Crippen LogP contribution < -0.4 is 11.1 Å². The van der Waals surface area contributed by atoms with E-state index in [1.165, 1.54) is 23.9 Å². The SMILES string of the molecule is CS/C(N)=N/C(=O)NCc1ccc(F)cc1. The number of halogens is 1. The van der Waals surface area contributed by atoms with Crippen molar-refractivity contribution >= 4 is 23.0 Å². The van der Waals surface area contributed by atoms with Crippen LogP contribution in [-0.4, -0.2) is 17.5 Å². The van der Waals surface area contributed by atoms with Gasteiger partial charge in [-0.15, -0.1) is 0 Å². The van der Waals surface area contributed by atoms with Crippen LogP contribution in [0.5, 0.6) is 0 Å². The van der Waals surface area contributed by atoms with Gasteiger partial charge in [0.15, 0.2) is 5.17 Å². The molecule has 0 saturated heterocycles. The summed E-state index contributed by atoms with van der Waals surface area (Å²) in [7, 11) is 0. The summed E-state index contributed by atoms with van der Waals surface area (Å²) in [6.07, 6.45) is 1.73. The quantitative estimate of drug-likeness (QED) is 0.612. The number of nitrogens with one attached hydrogen (secondary N) is 1. The fourth-order valence-electron chi connectivity index (χ4n) is 0.965. The number of hydrogen-bond donors (Lipinski definition) is 2. The minimum atomic E-state index is -0.504. The molecule has 0 bridgehead atoms. The number of amidine groups is 1. The Morgan fingerprint density at radius 2 is 2.12 bits per heavy atom. The molecule has 4 nitrogen and oxygen atoms in total. The molecule has 1 aromatic carbocycles. The van der Waals surface area contributed by atoms with E-state index in [4.69, 9.17) is 5.73 Å². The van der Waals surface area contributed by atoms with Gasteiger partial charge in [-0.2, -0.15) is 4.99 Å². The second kappa shape index (κ2) is 6.12. The lowest BCUT2D eigenvalue weighted by Crippen LogP contribution is -2.21. The van der Waals surface area contributed by atoms with Gasteiger partial charge >= 0.3 is 6.03 Å². The lowest BCUT2D eigenvalue weighted by Gasteiger charge is -2.02. The molecular weight excluding hydrogens is 229 g/mol. The zero-order chi connectivity index (χ0) is 12.0. The number of thioether (sulfide) groups is 1. The molecule has 2 amide bonds. The number of rotatable bonds is 2. The molecule has 6 heteroatoms. The van der Waals surface area contributed by atoms with Gasteiger partial charge in [0, 0.05) is 6.54 Å². The monoisotopic (exact) mass is 241 g/mol. The van der Waals surface area contributed by atoms with Crippen molar-refractivity contribution in [2.75, 3.05) is 6.26 Å². The van der Waals surface area contributed by atoms with Crippen LogP contribution in [0.1, 0.15) is 5.56 Å². The Bertz CT molecular complexity index is 392. The molecule has 0 aromatic heterocycles. The van der Waals surface area contributed by atoms with Crippen LogP contribution in [-0.2, 0) is 6.54 Å². The van der Waals surface area contributed by atoms with Gasteiger partial charge in [0.1, 0.15) is 5.82 Å². The highest BCUT2D eigenvalue weighted by atomic mass is 32.2. The van der Waals surface area contributed by atoms with Gasteiger partial charge in [-0.3, -0.25) is 0 Å². The summed E-state index contributed by atoms with van der Waals surface area (Å²) >= 11 is 1.19. The van der Waals surface area contributed by atoms with E-state index in [9.17, 15) is 9.18 Å². The molecule has 0 aliphatic carbocycles. The number of carbonyl (C=O) groups is 1. The lowest BCUT2D eigenvalue weighted by molar-refractivity contribution is 0.249. The fraction of sp³-hybridized carbons (Fsp3) is 0.200. The van der Waals surface area contributed by atoms with E-state index < -0.39 is 6.03 Å². The van der Waals surface area contributed by atoms with Crippen LogP contribution in [0.25, 0.3) is 0 Å². The average Bonchev–Trinajstić information content (AvgIpc) is 2.28. The van der Waals surface area contributed by atoms with Crippen LogP contribution in [0.4, 0.5) is 9.18 Å². The van der Waals surface area contributed by atoms with Crippen molar-refractivity contribution in [2.24, 2.45) is 10.7 Å². The Morgan fingerprint density at radius 1 is 1.50 bits per heavy atom. The number of nitrogens with two attached hydrogens (primary N) is 1. The van der Waals surface area contributed by atoms with Crippen LogP contribution in [0.3, 0.4) is 0 Å². The Kier molecular flexibility index (Phi) is 4.78. The minimum absolute atomic E-state index is 0.205. The zero-order valence-electron chi connectivity index (χ0n) is 8.74. The molecule has 0 heterocycles. The summed E-state index contributed by atoms with van der Waals surface area (Å²) in [4.78, 5) is 14.7. The number of aliphatic imine (C=N–C) groups is 1. The first-order chi connectivity index (χ1) is 7.61. The van der Waals surface area contributed by atoms with Crippen LogP contribution in [0, 0.1) is 5.82 Å². The van der Waals surface area contributed by atoms with Gasteiger partial charge in [0.05, 0.1) is 0 Å². The van der Waals surface area contributed by atoms with E-state index in [-0.39, 0.29) is 11.0 Å². The van der Waals surface area contributed by atoms with E-state index in [0.717, 1.165) is 5.56 Å². The summed E-state index contributed by atoms with van der Waals surface area (Å²) in [6.45, 7) is 0.296. The van der Waals surface area contributed by atoms with Crippen LogP contribution >= 0.6 is 11.8 Å². The molecule has 0 spiro atoms. The molecule has 3 N–H and O–H groups in total. The third-order valence-corrected chi connectivity index (χ3v) is 2.29. The van der Waals surface area contributed by atoms with Gasteiger partial charge in [-0.1, -0.05) is 23.9 Å². The molecule has 0 aliphatic rings. The largest absolute Gasteiger partial charge is 0.378 e. The predicted octanol–water partition coefficient (Wildman–Crippen LogP) is 1.71. The molecule has 0 saturated carbocycles. The minimum Gasteiger partial charge on any atom is -0.378 e. The second-order valence-electron chi connectivity index (χ2n) is 2.94. The van der Waals surface area contributed by atoms with Crippen molar-refractivity contribution in [2.45, 2.75) is 6.54 Å². The van der Waals surface area contributed by atoms with E-state index in [1.807, 2.05) is 0 Å². The van der Waals surface area contributed by atoms with Crippen molar-refractivity contribution in [3.63, 3.8) is 0 Å². The van der Waals surface area contributed by atoms with Gasteiger partial charge in [0.25, 0.3) is 0 Å². The number of hydrogen-bond acceptors (Lipinski definition) is 2. The topological polar surface area (TPSA) is 67.5 Å². The maximum absolute atomic E-state index is 12.6. The highest BCUT2D eigenvalue weighted by Crippen LogP contribution is 2.02. The summed E-state index contributed by atoms with van der Waals surface area (Å²) in [5, 5.41) is 2.75. The summed E-state index contributed by atoms with van der Waals surface area (Å²) in [6, 6.07) is 5.35. The molecule has 1 rings (SSSR count). The average molecular weight is 241 g/mol. The van der Waals surface area contributed by atoms with Gasteiger partial charge in [-0.05, 0) is 24.0 Å². The molecule has 0 aliphatic heterocycles. The highest BCUT2D eigenvalue weighted by molar-refractivity contribution is 8.13. The van der Waals surface area contributed by atoms with Crippen molar-refractivity contribution in [1.82, 2.24) is 5.32 Å². The van der Waals surface area contributed by atoms with Gasteiger partial charge in [0.2, 0.25) is 0 Å². The first-order valence-electron chi connectivity index (χ1n) is 4.52. The third kappa shape index (κ3) is 4.31. The number of benzene rings is 1. The van der Waals surface area contributed by atoms with Crippen molar-refractivity contribution in [3.05, 3.63) is 35.6 Å². The zero-order valence-corrected chi connectivity index (χ0v) is 9.55. The first kappa shape index (κ1) is 12.5. The fourth-order valence-corrected chi connectivity index (χ4v) is 1.14. The van der Waals surface area contributed by atoms with Crippen molar-refractivity contribution < 1.29 is 9.18 Å². The number of carbonyl (C=O) groups excluding carboxylic acids is 1. The summed E-state index contributed by atoms with van der Waals surface area (Å²) in [5.74, 6) is -0.306. The van der Waals surface area contributed by atoms with E-state index >= 15 is 0 Å². The first-order valence-corrected chi connectivity index (χ1v) is 5.74. The second-order valence-corrected chi connectivity index (χ2v) is 3.77. The molecular formula is C10H12FN3OS. The summed E-state index contributed by atoms with van der Waals surface area (Å²) < 4.78 is 12.6. The van der Waals surface area contributed by atoms with E-state index in [2.05, 4.69) is 10.3 Å². The van der Waals surface area contributed by atoms with Crippen LogP contribution in [0.15, 0.2) is 29.3 Å². The molecule has 86 valence electrons. The highest BCUT2D eigenvalue weighted by Gasteiger charge is 2.00. The molecule has 0 unspecified atom stereocenters. The van der Waals surface area contributed by atoms with Gasteiger partial charge in [-0.25, -0.2) is 9.18 Å². The number of nitrogens with zero attached hydrogens (tertiary/aromatic N) is 1. The van der Waals surface area contributed by atoms with E-state index in [1.54, 1.807) is 18.4 Å². The molecule has 16 heavy (non-hydrogen) atoms. The smallest absolute Gasteiger partial charge is 0.343 e. The Labute approximate surface area is 97.1 Å². The molecule has 0 fully saturated rings. The van der Waals surface area contributed by atoms with Gasteiger partial charge < -0.3 is 11.1 Å². The Morgan fingerprint density at radius 3 is 2.69 bits per heavy atom.